The van der Waals surface area contributed by atoms with Crippen molar-refractivity contribution in [3.8, 4) is 0 Å². The van der Waals surface area contributed by atoms with Crippen molar-refractivity contribution in [1.82, 2.24) is 9.55 Å². The first kappa shape index (κ1) is 10.9. The smallest absolute Gasteiger partial charge is 0.381 e. The minimum Gasteiger partial charge on any atom is -0.390 e. The van der Waals surface area contributed by atoms with E-state index in [0.717, 1.165) is 0 Å². The fourth-order valence-corrected chi connectivity index (χ4v) is 1.14. The van der Waals surface area contributed by atoms with E-state index in [0.29, 0.717) is 5.82 Å². The van der Waals surface area contributed by atoms with E-state index in [2.05, 4.69) is 4.98 Å². The lowest BCUT2D eigenvalue weighted by Crippen LogP contribution is -2.17. The summed E-state index contributed by atoms with van der Waals surface area (Å²) in [4.78, 5) is 13.5. The molecule has 1 atom stereocenters. The lowest BCUT2D eigenvalue weighted by Gasteiger charge is -2.06. The molecular weight excluding hydrogens is 210 g/mol. The first-order valence-electron chi connectivity index (χ1n) is 3.96. The van der Waals surface area contributed by atoms with Gasteiger partial charge in [-0.25, -0.2) is 0 Å². The van der Waals surface area contributed by atoms with Gasteiger partial charge in [0, 0.05) is 6.92 Å². The van der Waals surface area contributed by atoms with Crippen LogP contribution in [0.4, 0.5) is 5.82 Å². The summed E-state index contributed by atoms with van der Waals surface area (Å²) in [6, 6.07) is 0. The van der Waals surface area contributed by atoms with Crippen LogP contribution in [0.3, 0.4) is 0 Å². The van der Waals surface area contributed by atoms with E-state index >= 15 is 0 Å². The Morgan fingerprint density at radius 3 is 2.93 bits per heavy atom. The van der Waals surface area contributed by atoms with Crippen LogP contribution in [0.25, 0.3) is 0 Å². The van der Waals surface area contributed by atoms with E-state index < -0.39 is 11.0 Å². The Labute approximate surface area is 85.3 Å². The van der Waals surface area contributed by atoms with E-state index in [9.17, 15) is 15.2 Å². The van der Waals surface area contributed by atoms with Crippen molar-refractivity contribution in [1.29, 1.82) is 0 Å². The van der Waals surface area contributed by atoms with Crippen molar-refractivity contribution < 1.29 is 10.0 Å². The van der Waals surface area contributed by atoms with E-state index in [-0.39, 0.29) is 18.2 Å². The van der Waals surface area contributed by atoms with Gasteiger partial charge in [0.2, 0.25) is 5.82 Å². The van der Waals surface area contributed by atoms with Gasteiger partial charge in [-0.05, 0) is 9.91 Å². The molecule has 6 nitrogen and oxygen atoms in total. The van der Waals surface area contributed by atoms with Crippen molar-refractivity contribution in [2.75, 3.05) is 5.88 Å². The summed E-state index contributed by atoms with van der Waals surface area (Å²) in [5.41, 5.74) is 0. The van der Waals surface area contributed by atoms with Crippen LogP contribution < -0.4 is 0 Å². The number of aliphatic hydroxyl groups excluding tert-OH is 1. The van der Waals surface area contributed by atoms with Crippen molar-refractivity contribution >= 4 is 17.4 Å². The predicted octanol–water partition coefficient (Wildman–Crippen LogP) is 0.699. The van der Waals surface area contributed by atoms with Crippen LogP contribution >= 0.6 is 11.6 Å². The Morgan fingerprint density at radius 1 is 1.86 bits per heavy atom. The first-order chi connectivity index (χ1) is 6.54. The first-order valence-corrected chi connectivity index (χ1v) is 4.50. The van der Waals surface area contributed by atoms with Gasteiger partial charge < -0.3 is 19.8 Å². The summed E-state index contributed by atoms with van der Waals surface area (Å²) in [5.74, 6) is 0.357. The Bertz CT molecular complexity index is 339. The molecule has 7 heteroatoms. The average Bonchev–Trinajstić information content (AvgIpc) is 2.48. The predicted molar refractivity (Wildman–Crippen MR) is 50.3 cm³/mol. The summed E-state index contributed by atoms with van der Waals surface area (Å²) in [6.45, 7) is 1.85. The molecule has 0 amide bonds. The molecule has 0 fully saturated rings. The van der Waals surface area contributed by atoms with E-state index in [1.165, 1.54) is 10.8 Å². The molecule has 0 unspecified atom stereocenters. The van der Waals surface area contributed by atoms with Crippen LogP contribution in [0.1, 0.15) is 5.82 Å². The molecule has 0 bridgehead atoms. The molecule has 0 saturated carbocycles. The van der Waals surface area contributed by atoms with Crippen LogP contribution in [0.15, 0.2) is 6.20 Å². The van der Waals surface area contributed by atoms with Gasteiger partial charge in [0.25, 0.3) is 0 Å². The maximum atomic E-state index is 10.4. The van der Waals surface area contributed by atoms with Crippen molar-refractivity contribution in [3.63, 3.8) is 0 Å². The summed E-state index contributed by atoms with van der Waals surface area (Å²) in [7, 11) is 0. The highest BCUT2D eigenvalue weighted by molar-refractivity contribution is 6.18. The zero-order chi connectivity index (χ0) is 10.7. The number of aliphatic hydroxyl groups is 1. The summed E-state index contributed by atoms with van der Waals surface area (Å²) < 4.78 is 1.51. The van der Waals surface area contributed by atoms with Crippen LogP contribution in [0.2, 0.25) is 0 Å². The van der Waals surface area contributed by atoms with Crippen molar-refractivity contribution in [2.24, 2.45) is 0 Å². The third kappa shape index (κ3) is 2.43. The highest BCUT2D eigenvalue weighted by atomic mass is 35.5. The lowest BCUT2D eigenvalue weighted by atomic mass is 10.4. The SMILES string of the molecule is Cc1nc([N+](=O)[O-])cn1C[C@@H](O)CCl. The number of hydrogen-bond acceptors (Lipinski definition) is 4. The van der Waals surface area contributed by atoms with Gasteiger partial charge in [0.15, 0.2) is 0 Å². The highest BCUT2D eigenvalue weighted by Crippen LogP contribution is 2.10. The maximum absolute atomic E-state index is 10.4. The Morgan fingerprint density at radius 2 is 2.50 bits per heavy atom. The maximum Gasteiger partial charge on any atom is 0.381 e. The monoisotopic (exact) mass is 219 g/mol. The molecule has 1 rings (SSSR count). The lowest BCUT2D eigenvalue weighted by molar-refractivity contribution is -0.389. The second kappa shape index (κ2) is 4.39. The Balaban J connectivity index is 2.82. The molecular formula is C7H10ClN3O3. The van der Waals surface area contributed by atoms with Crippen LogP contribution in [0, 0.1) is 17.0 Å². The summed E-state index contributed by atoms with van der Waals surface area (Å²) in [5, 5.41) is 19.6. The number of imidazole rings is 1. The van der Waals surface area contributed by atoms with E-state index in [4.69, 9.17) is 11.6 Å². The molecule has 0 saturated heterocycles. The van der Waals surface area contributed by atoms with E-state index in [1.807, 2.05) is 0 Å². The topological polar surface area (TPSA) is 81.2 Å². The molecule has 1 aromatic heterocycles. The molecule has 1 N–H and O–H groups in total. The van der Waals surface area contributed by atoms with Crippen LogP contribution in [-0.4, -0.2) is 31.6 Å². The second-order valence-corrected chi connectivity index (χ2v) is 3.17. The molecule has 0 radical (unpaired) electrons. The number of nitrogens with zero attached hydrogens (tertiary/aromatic N) is 3. The largest absolute Gasteiger partial charge is 0.390 e. The van der Waals surface area contributed by atoms with Gasteiger partial charge >= 0.3 is 5.82 Å². The minimum atomic E-state index is -0.718. The molecule has 0 aliphatic heterocycles. The normalized spacial score (nSPS) is 12.8. The van der Waals surface area contributed by atoms with Crippen molar-refractivity contribution in [2.45, 2.75) is 19.6 Å². The summed E-state index contributed by atoms with van der Waals surface area (Å²) in [6.07, 6.45) is 0.564. The number of nitro groups is 1. The van der Waals surface area contributed by atoms with Gasteiger partial charge in [-0.2, -0.15) is 0 Å². The van der Waals surface area contributed by atoms with Gasteiger partial charge in [-0.1, -0.05) is 0 Å². The van der Waals surface area contributed by atoms with Gasteiger partial charge in [-0.15, -0.1) is 11.6 Å². The fraction of sp³-hybridized carbons (Fsp3) is 0.571. The Hall–Kier alpha value is -1.14. The molecule has 78 valence electrons. The van der Waals surface area contributed by atoms with Crippen LogP contribution in [-0.2, 0) is 6.54 Å². The van der Waals surface area contributed by atoms with Crippen molar-refractivity contribution in [3.05, 3.63) is 22.1 Å². The number of hydrogen-bond donors (Lipinski definition) is 1. The second-order valence-electron chi connectivity index (χ2n) is 2.86. The zero-order valence-electron chi connectivity index (χ0n) is 7.55. The van der Waals surface area contributed by atoms with Gasteiger partial charge in [0.1, 0.15) is 6.20 Å². The van der Waals surface area contributed by atoms with Gasteiger partial charge in [0.05, 0.1) is 18.5 Å². The number of alkyl halides is 1. The molecule has 1 aromatic rings. The minimum absolute atomic E-state index is 0.0887. The molecule has 0 aromatic carbocycles. The molecule has 14 heavy (non-hydrogen) atoms. The third-order valence-electron chi connectivity index (χ3n) is 1.74. The number of aryl methyl sites for hydroxylation is 1. The van der Waals surface area contributed by atoms with Gasteiger partial charge in [-0.3, -0.25) is 0 Å². The Kier molecular flexibility index (Phi) is 3.43. The molecule has 1 heterocycles. The molecule has 0 aliphatic rings. The third-order valence-corrected chi connectivity index (χ3v) is 2.09. The number of rotatable bonds is 4. The number of aromatic nitrogens is 2. The highest BCUT2D eigenvalue weighted by Gasteiger charge is 2.16. The molecule has 0 spiro atoms. The number of halogens is 1. The fourth-order valence-electron chi connectivity index (χ4n) is 1.04. The molecule has 0 aliphatic carbocycles. The van der Waals surface area contributed by atoms with E-state index in [1.54, 1.807) is 6.92 Å². The quantitative estimate of drug-likeness (QED) is 0.459. The zero-order valence-corrected chi connectivity index (χ0v) is 8.31. The average molecular weight is 220 g/mol. The summed E-state index contributed by atoms with van der Waals surface area (Å²) >= 11 is 5.41. The standard InChI is InChI=1S/C7H10ClN3O3/c1-5-9-7(11(13)14)4-10(5)3-6(12)2-8/h4,6,12H,2-3H2,1H3/t6-/m0/s1. The van der Waals surface area contributed by atoms with Crippen LogP contribution in [0.5, 0.6) is 0 Å².